The van der Waals surface area contributed by atoms with Crippen molar-refractivity contribution in [1.82, 2.24) is 9.78 Å². The molecule has 0 atom stereocenters. The molecule has 1 amide bonds. The summed E-state index contributed by atoms with van der Waals surface area (Å²) in [6.07, 6.45) is 3.79. The van der Waals surface area contributed by atoms with Crippen LogP contribution >= 0.6 is 11.6 Å². The van der Waals surface area contributed by atoms with Crippen molar-refractivity contribution in [2.24, 2.45) is 0 Å². The normalized spacial score (nSPS) is 13.9. The first kappa shape index (κ1) is 19.2. The molecular formula is C25H18ClN3O2. The summed E-state index contributed by atoms with van der Waals surface area (Å²) in [4.78, 5) is 12.7. The van der Waals surface area contributed by atoms with Gasteiger partial charge in [0.2, 0.25) is 0 Å². The van der Waals surface area contributed by atoms with E-state index in [0.717, 1.165) is 39.5 Å². The van der Waals surface area contributed by atoms with Gasteiger partial charge in [0.15, 0.2) is 0 Å². The zero-order valence-electron chi connectivity index (χ0n) is 16.7. The molecule has 0 saturated carbocycles. The van der Waals surface area contributed by atoms with Crippen molar-refractivity contribution in [2.45, 2.75) is 0 Å². The van der Waals surface area contributed by atoms with E-state index in [9.17, 15) is 4.79 Å². The lowest BCUT2D eigenvalue weighted by atomic mass is 10.0. The van der Waals surface area contributed by atoms with Crippen LogP contribution in [0.15, 0.2) is 79.0 Å². The quantitative estimate of drug-likeness (QED) is 0.425. The molecule has 0 unspecified atom stereocenters. The summed E-state index contributed by atoms with van der Waals surface area (Å²) in [6, 6.07) is 22.9. The molecule has 2 heterocycles. The van der Waals surface area contributed by atoms with Gasteiger partial charge in [-0.25, -0.2) is 4.68 Å². The standard InChI is InChI=1S/C25H18ClN3O2/c1-31-20-10-7-16(8-11-20)24-17(15-29(28-24)19-5-3-2-4-6-19)13-22-21-14-18(26)9-12-23(21)27-25(22)30/h2-15H,1H3,(H,27,30). The molecule has 0 bridgehead atoms. The molecule has 1 N–H and O–H groups in total. The largest absolute Gasteiger partial charge is 0.497 e. The number of nitrogens with one attached hydrogen (secondary N) is 1. The number of carbonyl (C=O) groups excluding carboxylic acids is 1. The van der Waals surface area contributed by atoms with Crippen molar-refractivity contribution in [3.05, 3.63) is 95.1 Å². The highest BCUT2D eigenvalue weighted by Gasteiger charge is 2.25. The van der Waals surface area contributed by atoms with Crippen LogP contribution in [0.1, 0.15) is 11.1 Å². The summed E-state index contributed by atoms with van der Waals surface area (Å²) in [7, 11) is 1.64. The van der Waals surface area contributed by atoms with Gasteiger partial charge in [0.1, 0.15) is 5.75 Å². The van der Waals surface area contributed by atoms with Gasteiger partial charge in [0.25, 0.3) is 5.91 Å². The van der Waals surface area contributed by atoms with Gasteiger partial charge in [-0.15, -0.1) is 0 Å². The Kier molecular flexibility index (Phi) is 4.81. The lowest BCUT2D eigenvalue weighted by molar-refractivity contribution is -0.110. The molecule has 0 fully saturated rings. The number of ether oxygens (including phenoxy) is 1. The van der Waals surface area contributed by atoms with Crippen LogP contribution < -0.4 is 10.1 Å². The Morgan fingerprint density at radius 3 is 2.55 bits per heavy atom. The van der Waals surface area contributed by atoms with Crippen LogP contribution in [-0.2, 0) is 4.79 Å². The van der Waals surface area contributed by atoms with E-state index in [-0.39, 0.29) is 5.91 Å². The third-order valence-corrected chi connectivity index (χ3v) is 5.43. The molecule has 5 rings (SSSR count). The number of carbonyl (C=O) groups is 1. The molecule has 0 aliphatic carbocycles. The zero-order chi connectivity index (χ0) is 21.4. The Morgan fingerprint density at radius 1 is 1.03 bits per heavy atom. The first-order chi connectivity index (χ1) is 15.1. The minimum absolute atomic E-state index is 0.162. The van der Waals surface area contributed by atoms with Crippen LogP contribution in [0.3, 0.4) is 0 Å². The van der Waals surface area contributed by atoms with E-state index < -0.39 is 0 Å². The maximum atomic E-state index is 12.7. The van der Waals surface area contributed by atoms with Crippen LogP contribution in [0.4, 0.5) is 5.69 Å². The van der Waals surface area contributed by atoms with Gasteiger partial charge in [-0.1, -0.05) is 29.8 Å². The van der Waals surface area contributed by atoms with Crippen molar-refractivity contribution >= 4 is 34.8 Å². The summed E-state index contributed by atoms with van der Waals surface area (Å²) < 4.78 is 7.10. The molecule has 31 heavy (non-hydrogen) atoms. The highest BCUT2D eigenvalue weighted by Crippen LogP contribution is 2.36. The fourth-order valence-corrected chi connectivity index (χ4v) is 3.81. The Morgan fingerprint density at radius 2 is 1.81 bits per heavy atom. The zero-order valence-corrected chi connectivity index (χ0v) is 17.4. The second-order valence-electron chi connectivity index (χ2n) is 7.14. The highest BCUT2D eigenvalue weighted by molar-refractivity contribution is 6.36. The average molecular weight is 428 g/mol. The van der Waals surface area contributed by atoms with Gasteiger partial charge >= 0.3 is 0 Å². The number of benzene rings is 3. The van der Waals surface area contributed by atoms with Crippen LogP contribution in [-0.4, -0.2) is 22.8 Å². The van der Waals surface area contributed by atoms with Crippen molar-refractivity contribution in [1.29, 1.82) is 0 Å². The van der Waals surface area contributed by atoms with E-state index >= 15 is 0 Å². The molecule has 0 saturated heterocycles. The fraction of sp³-hybridized carbons (Fsp3) is 0.0400. The molecule has 1 aromatic heterocycles. The van der Waals surface area contributed by atoms with Crippen LogP contribution in [0, 0.1) is 0 Å². The molecular weight excluding hydrogens is 410 g/mol. The summed E-state index contributed by atoms with van der Waals surface area (Å²) in [6.45, 7) is 0. The van der Waals surface area contributed by atoms with Gasteiger partial charge < -0.3 is 10.1 Å². The number of rotatable bonds is 4. The van der Waals surface area contributed by atoms with Crippen LogP contribution in [0.5, 0.6) is 5.75 Å². The smallest absolute Gasteiger partial charge is 0.256 e. The lowest BCUT2D eigenvalue weighted by Crippen LogP contribution is -2.03. The van der Waals surface area contributed by atoms with E-state index in [2.05, 4.69) is 5.32 Å². The molecule has 6 heteroatoms. The molecule has 4 aromatic rings. The number of para-hydroxylation sites is 1. The van der Waals surface area contributed by atoms with E-state index in [4.69, 9.17) is 21.4 Å². The SMILES string of the molecule is COc1ccc(-c2nn(-c3ccccc3)cc2C=C2C(=O)Nc3ccc(Cl)cc32)cc1. The molecule has 5 nitrogen and oxygen atoms in total. The Hall–Kier alpha value is -3.83. The van der Waals surface area contributed by atoms with Crippen LogP contribution in [0.25, 0.3) is 28.6 Å². The number of anilines is 1. The third kappa shape index (κ3) is 3.60. The third-order valence-electron chi connectivity index (χ3n) is 5.19. The second kappa shape index (κ2) is 7.78. The number of halogens is 1. The number of hydrogen-bond donors (Lipinski definition) is 1. The first-order valence-electron chi connectivity index (χ1n) is 9.75. The number of hydrogen-bond acceptors (Lipinski definition) is 3. The first-order valence-corrected chi connectivity index (χ1v) is 10.1. The number of fused-ring (bicyclic) bond motifs is 1. The lowest BCUT2D eigenvalue weighted by Gasteiger charge is -2.03. The minimum Gasteiger partial charge on any atom is -0.497 e. The minimum atomic E-state index is -0.162. The molecule has 3 aromatic carbocycles. The van der Waals surface area contributed by atoms with Crippen molar-refractivity contribution in [3.8, 4) is 22.7 Å². The van der Waals surface area contributed by atoms with Gasteiger partial charge in [-0.3, -0.25) is 4.79 Å². The summed E-state index contributed by atoms with van der Waals surface area (Å²) >= 11 is 6.18. The number of methoxy groups -OCH3 is 1. The number of nitrogens with zero attached hydrogens (tertiary/aromatic N) is 2. The maximum absolute atomic E-state index is 12.7. The highest BCUT2D eigenvalue weighted by atomic mass is 35.5. The maximum Gasteiger partial charge on any atom is 0.256 e. The van der Waals surface area contributed by atoms with Crippen molar-refractivity contribution < 1.29 is 9.53 Å². The summed E-state index contributed by atoms with van der Waals surface area (Å²) in [5, 5.41) is 8.30. The summed E-state index contributed by atoms with van der Waals surface area (Å²) in [5.41, 5.74) is 5.54. The predicted octanol–water partition coefficient (Wildman–Crippen LogP) is 5.69. The van der Waals surface area contributed by atoms with E-state index in [0.29, 0.717) is 10.6 Å². The van der Waals surface area contributed by atoms with Crippen molar-refractivity contribution in [2.75, 3.05) is 12.4 Å². The van der Waals surface area contributed by atoms with Gasteiger partial charge in [0, 0.05) is 39.2 Å². The number of amides is 1. The predicted molar refractivity (Wildman–Crippen MR) is 124 cm³/mol. The van der Waals surface area contributed by atoms with Gasteiger partial charge in [-0.2, -0.15) is 5.10 Å². The molecule has 1 aliphatic heterocycles. The topological polar surface area (TPSA) is 56.2 Å². The monoisotopic (exact) mass is 427 g/mol. The second-order valence-corrected chi connectivity index (χ2v) is 7.58. The fourth-order valence-electron chi connectivity index (χ4n) is 3.64. The Bertz CT molecular complexity index is 1310. The van der Waals surface area contributed by atoms with E-state index in [1.165, 1.54) is 0 Å². The molecule has 0 spiro atoms. The van der Waals surface area contributed by atoms with Gasteiger partial charge in [0.05, 0.1) is 18.5 Å². The molecule has 1 aliphatic rings. The molecule has 0 radical (unpaired) electrons. The van der Waals surface area contributed by atoms with Gasteiger partial charge in [-0.05, 0) is 60.7 Å². The van der Waals surface area contributed by atoms with E-state index in [1.807, 2.05) is 77.6 Å². The van der Waals surface area contributed by atoms with Crippen molar-refractivity contribution in [3.63, 3.8) is 0 Å². The Balaban J connectivity index is 1.67. The van der Waals surface area contributed by atoms with E-state index in [1.54, 1.807) is 19.2 Å². The van der Waals surface area contributed by atoms with Crippen LogP contribution in [0.2, 0.25) is 5.02 Å². The number of aromatic nitrogens is 2. The molecule has 152 valence electrons. The Labute approximate surface area is 184 Å². The summed E-state index contributed by atoms with van der Waals surface area (Å²) in [5.74, 6) is 0.607. The average Bonchev–Trinajstić information content (AvgIpc) is 3.36.